The van der Waals surface area contributed by atoms with Gasteiger partial charge in [-0.3, -0.25) is 9.69 Å². The Bertz CT molecular complexity index is 548. The van der Waals surface area contributed by atoms with Gasteiger partial charge in [-0.2, -0.15) is 0 Å². The molecule has 8 heteroatoms. The third-order valence-corrected chi connectivity index (χ3v) is 4.11. The highest BCUT2D eigenvalue weighted by molar-refractivity contribution is 7.80. The fraction of sp³-hybridized carbons (Fsp3) is 0.500. The molecule has 24 heavy (non-hydrogen) atoms. The molecule has 1 aliphatic heterocycles. The molecule has 2 N–H and O–H groups in total. The number of anilines is 1. The van der Waals surface area contributed by atoms with Crippen LogP contribution in [-0.2, 0) is 9.53 Å². The largest absolute Gasteiger partial charge is 0.383 e. The molecular formula is C16H23FN4O2S. The Kier molecular flexibility index (Phi) is 7.36. The van der Waals surface area contributed by atoms with E-state index in [9.17, 15) is 9.18 Å². The Morgan fingerprint density at radius 2 is 1.92 bits per heavy atom. The summed E-state index contributed by atoms with van der Waals surface area (Å²) in [6.45, 7) is 4.46. The van der Waals surface area contributed by atoms with Crippen molar-refractivity contribution < 1.29 is 13.9 Å². The second-order valence-electron chi connectivity index (χ2n) is 5.54. The lowest BCUT2D eigenvalue weighted by molar-refractivity contribution is -0.122. The molecule has 1 heterocycles. The zero-order valence-corrected chi connectivity index (χ0v) is 14.6. The maximum Gasteiger partial charge on any atom is 0.234 e. The van der Waals surface area contributed by atoms with Crippen LogP contribution in [0.3, 0.4) is 0 Å². The molecule has 0 saturated carbocycles. The number of carbonyl (C=O) groups excluding carboxylic acids is 1. The van der Waals surface area contributed by atoms with Gasteiger partial charge in [0, 0.05) is 45.5 Å². The van der Waals surface area contributed by atoms with Crippen molar-refractivity contribution in [3.63, 3.8) is 0 Å². The summed E-state index contributed by atoms with van der Waals surface area (Å²) >= 11 is 5.40. The Balaban J connectivity index is 1.70. The smallest absolute Gasteiger partial charge is 0.234 e. The Labute approximate surface area is 146 Å². The number of rotatable bonds is 6. The minimum atomic E-state index is -0.274. The van der Waals surface area contributed by atoms with Gasteiger partial charge in [-0.1, -0.05) is 0 Å². The minimum Gasteiger partial charge on any atom is -0.383 e. The van der Waals surface area contributed by atoms with Crippen LogP contribution in [0, 0.1) is 5.82 Å². The number of carbonyl (C=O) groups is 1. The summed E-state index contributed by atoms with van der Waals surface area (Å²) in [5.41, 5.74) is 0.765. The molecule has 2 rings (SSSR count). The summed E-state index contributed by atoms with van der Waals surface area (Å²) in [5, 5.41) is 6.54. The second-order valence-corrected chi connectivity index (χ2v) is 5.93. The molecule has 132 valence electrons. The van der Waals surface area contributed by atoms with Gasteiger partial charge in [-0.15, -0.1) is 0 Å². The van der Waals surface area contributed by atoms with E-state index in [0.29, 0.717) is 24.8 Å². The Morgan fingerprint density at radius 3 is 2.54 bits per heavy atom. The lowest BCUT2D eigenvalue weighted by Gasteiger charge is -2.35. The quantitative estimate of drug-likeness (QED) is 0.585. The summed E-state index contributed by atoms with van der Waals surface area (Å²) in [6, 6.07) is 6.10. The first kappa shape index (κ1) is 18.6. The summed E-state index contributed by atoms with van der Waals surface area (Å²) in [5.74, 6) is -0.267. The third kappa shape index (κ3) is 6.03. The summed E-state index contributed by atoms with van der Waals surface area (Å²) < 4.78 is 17.8. The van der Waals surface area contributed by atoms with E-state index in [1.54, 1.807) is 19.2 Å². The van der Waals surface area contributed by atoms with Crippen LogP contribution in [0.4, 0.5) is 10.1 Å². The fourth-order valence-corrected chi connectivity index (χ4v) is 2.70. The molecule has 1 aromatic rings. The van der Waals surface area contributed by atoms with E-state index in [-0.39, 0.29) is 11.7 Å². The molecule has 0 bridgehead atoms. The van der Waals surface area contributed by atoms with Crippen LogP contribution in [0.5, 0.6) is 0 Å². The highest BCUT2D eigenvalue weighted by atomic mass is 32.1. The molecule has 0 unspecified atom stereocenters. The molecule has 0 aromatic heterocycles. The van der Waals surface area contributed by atoms with Crippen molar-refractivity contribution in [3.8, 4) is 0 Å². The van der Waals surface area contributed by atoms with Gasteiger partial charge in [0.2, 0.25) is 5.91 Å². The van der Waals surface area contributed by atoms with Crippen LogP contribution in [-0.4, -0.2) is 73.8 Å². The number of piperazine rings is 1. The van der Waals surface area contributed by atoms with Crippen molar-refractivity contribution in [3.05, 3.63) is 30.1 Å². The number of hydrogen-bond donors (Lipinski definition) is 2. The van der Waals surface area contributed by atoms with E-state index >= 15 is 0 Å². The van der Waals surface area contributed by atoms with E-state index in [0.717, 1.165) is 31.9 Å². The van der Waals surface area contributed by atoms with Crippen molar-refractivity contribution >= 4 is 28.9 Å². The standard InChI is InChI=1S/C16H23FN4O2S/c1-23-11-6-18-15(22)12-20-7-9-21(10-8-20)16(24)19-14-4-2-13(17)3-5-14/h2-5H,6-12H2,1H3,(H,18,22)(H,19,24). The number of nitrogens with one attached hydrogen (secondary N) is 2. The first-order valence-electron chi connectivity index (χ1n) is 7.88. The number of methoxy groups -OCH3 is 1. The van der Waals surface area contributed by atoms with Crippen LogP contribution >= 0.6 is 12.2 Å². The van der Waals surface area contributed by atoms with Crippen molar-refractivity contribution in [1.82, 2.24) is 15.1 Å². The third-order valence-electron chi connectivity index (χ3n) is 3.75. The predicted octanol–water partition coefficient (Wildman–Crippen LogP) is 0.903. The van der Waals surface area contributed by atoms with Gasteiger partial charge in [-0.05, 0) is 36.5 Å². The van der Waals surface area contributed by atoms with E-state index in [1.807, 2.05) is 0 Å². The van der Waals surface area contributed by atoms with Crippen LogP contribution in [0.2, 0.25) is 0 Å². The first-order valence-corrected chi connectivity index (χ1v) is 8.29. The van der Waals surface area contributed by atoms with Gasteiger partial charge >= 0.3 is 0 Å². The van der Waals surface area contributed by atoms with E-state index in [2.05, 4.69) is 20.4 Å². The predicted molar refractivity (Wildman–Crippen MR) is 95.5 cm³/mol. The van der Waals surface area contributed by atoms with E-state index in [1.165, 1.54) is 12.1 Å². The summed E-state index contributed by atoms with van der Waals surface area (Å²) in [7, 11) is 1.61. The summed E-state index contributed by atoms with van der Waals surface area (Å²) in [6.07, 6.45) is 0. The van der Waals surface area contributed by atoms with E-state index in [4.69, 9.17) is 17.0 Å². The monoisotopic (exact) mass is 354 g/mol. The topological polar surface area (TPSA) is 56.8 Å². The number of halogens is 1. The molecule has 1 saturated heterocycles. The van der Waals surface area contributed by atoms with Gasteiger partial charge in [0.25, 0.3) is 0 Å². The van der Waals surface area contributed by atoms with Crippen LogP contribution < -0.4 is 10.6 Å². The molecule has 0 atom stereocenters. The minimum absolute atomic E-state index is 0.00696. The fourth-order valence-electron chi connectivity index (χ4n) is 2.40. The summed E-state index contributed by atoms with van der Waals surface area (Å²) in [4.78, 5) is 15.9. The lowest BCUT2D eigenvalue weighted by Crippen LogP contribution is -2.52. The number of benzene rings is 1. The van der Waals surface area contributed by atoms with Crippen molar-refractivity contribution in [2.75, 3.05) is 58.3 Å². The second kappa shape index (κ2) is 9.51. The molecule has 0 spiro atoms. The van der Waals surface area contributed by atoms with Crippen LogP contribution in [0.15, 0.2) is 24.3 Å². The van der Waals surface area contributed by atoms with Gasteiger partial charge in [0.05, 0.1) is 13.2 Å². The lowest BCUT2D eigenvalue weighted by atomic mass is 10.3. The van der Waals surface area contributed by atoms with Crippen molar-refractivity contribution in [2.45, 2.75) is 0 Å². The molecule has 6 nitrogen and oxygen atoms in total. The number of thiocarbonyl (C=S) groups is 1. The number of nitrogens with zero attached hydrogens (tertiary/aromatic N) is 2. The van der Waals surface area contributed by atoms with Crippen molar-refractivity contribution in [2.24, 2.45) is 0 Å². The SMILES string of the molecule is COCCNC(=O)CN1CCN(C(=S)Nc2ccc(F)cc2)CC1. The molecule has 1 aliphatic rings. The first-order chi connectivity index (χ1) is 11.6. The molecule has 1 aromatic carbocycles. The highest BCUT2D eigenvalue weighted by Crippen LogP contribution is 2.10. The van der Waals surface area contributed by atoms with Gasteiger partial charge < -0.3 is 20.3 Å². The normalized spacial score (nSPS) is 15.2. The molecule has 0 radical (unpaired) electrons. The Hall–Kier alpha value is -1.77. The van der Waals surface area contributed by atoms with Gasteiger partial charge in [0.15, 0.2) is 5.11 Å². The maximum atomic E-state index is 12.9. The van der Waals surface area contributed by atoms with Crippen LogP contribution in [0.1, 0.15) is 0 Å². The molecular weight excluding hydrogens is 331 g/mol. The zero-order chi connectivity index (χ0) is 17.4. The molecule has 1 fully saturated rings. The number of amides is 1. The number of hydrogen-bond acceptors (Lipinski definition) is 4. The average Bonchev–Trinajstić information content (AvgIpc) is 2.58. The zero-order valence-electron chi connectivity index (χ0n) is 13.8. The van der Waals surface area contributed by atoms with Gasteiger partial charge in [-0.25, -0.2) is 4.39 Å². The average molecular weight is 354 g/mol. The van der Waals surface area contributed by atoms with Gasteiger partial charge in [0.1, 0.15) is 5.82 Å². The van der Waals surface area contributed by atoms with E-state index < -0.39 is 0 Å². The molecule has 1 amide bonds. The highest BCUT2D eigenvalue weighted by Gasteiger charge is 2.20. The van der Waals surface area contributed by atoms with Crippen LogP contribution in [0.25, 0.3) is 0 Å². The molecule has 0 aliphatic carbocycles. The maximum absolute atomic E-state index is 12.9. The van der Waals surface area contributed by atoms with Crippen molar-refractivity contribution in [1.29, 1.82) is 0 Å². The number of ether oxygens (including phenoxy) is 1. The Morgan fingerprint density at radius 1 is 1.25 bits per heavy atom.